The Balaban J connectivity index is 1.92. The third kappa shape index (κ3) is 4.90. The van der Waals surface area contributed by atoms with Crippen molar-refractivity contribution in [3.8, 4) is 5.75 Å². The number of hydrogen-bond donors (Lipinski definition) is 1. The van der Waals surface area contributed by atoms with Gasteiger partial charge in [0.05, 0.1) is 6.61 Å². The average Bonchev–Trinajstić information content (AvgIpc) is 2.44. The fourth-order valence-electron chi connectivity index (χ4n) is 3.06. The highest BCUT2D eigenvalue weighted by atomic mass is 16.5. The number of anilines is 1. The lowest BCUT2D eigenvalue weighted by Gasteiger charge is -2.31. The number of likely N-dealkylation sites (tertiary alicyclic amines) is 1. The summed E-state index contributed by atoms with van der Waals surface area (Å²) in [5.41, 5.74) is 7.91. The van der Waals surface area contributed by atoms with Crippen LogP contribution in [-0.4, -0.2) is 50.1 Å². The van der Waals surface area contributed by atoms with Crippen molar-refractivity contribution in [3.05, 3.63) is 23.8 Å². The lowest BCUT2D eigenvalue weighted by atomic mass is 9.96. The molecule has 4 nitrogen and oxygen atoms in total. The van der Waals surface area contributed by atoms with Crippen LogP contribution in [0.15, 0.2) is 18.2 Å². The lowest BCUT2D eigenvalue weighted by Crippen LogP contribution is -2.35. The van der Waals surface area contributed by atoms with Gasteiger partial charge in [-0.25, -0.2) is 0 Å². The Morgan fingerprint density at radius 2 is 2.05 bits per heavy atom. The molecule has 0 atom stereocenters. The summed E-state index contributed by atoms with van der Waals surface area (Å²) in [6.45, 7) is 7.20. The molecule has 0 aromatic heterocycles. The first kappa shape index (κ1) is 16.1. The minimum atomic E-state index is 0.690. The van der Waals surface area contributed by atoms with Crippen molar-refractivity contribution >= 4 is 5.69 Å². The van der Waals surface area contributed by atoms with Crippen molar-refractivity contribution in [2.75, 3.05) is 46.1 Å². The Kier molecular flexibility index (Phi) is 5.88. The Morgan fingerprint density at radius 3 is 2.71 bits per heavy atom. The molecular formula is C17H29N3O. The zero-order valence-electron chi connectivity index (χ0n) is 13.6. The molecular weight excluding hydrogens is 262 g/mol. The highest BCUT2D eigenvalue weighted by molar-refractivity contribution is 5.47. The summed E-state index contributed by atoms with van der Waals surface area (Å²) in [6, 6.07) is 5.93. The molecule has 0 amide bonds. The van der Waals surface area contributed by atoms with Gasteiger partial charge in [0.1, 0.15) is 5.75 Å². The SMILES string of the molecule is CCOc1ccc(N)cc1CN(C)CC1CCN(C)CC1. The van der Waals surface area contributed by atoms with Gasteiger partial charge in [-0.1, -0.05) is 0 Å². The Morgan fingerprint density at radius 1 is 1.33 bits per heavy atom. The van der Waals surface area contributed by atoms with Gasteiger partial charge in [0, 0.05) is 24.3 Å². The maximum Gasteiger partial charge on any atom is 0.123 e. The second kappa shape index (κ2) is 7.66. The smallest absolute Gasteiger partial charge is 0.123 e. The van der Waals surface area contributed by atoms with Crippen LogP contribution >= 0.6 is 0 Å². The van der Waals surface area contributed by atoms with Gasteiger partial charge in [0.2, 0.25) is 0 Å². The maximum atomic E-state index is 5.92. The highest BCUT2D eigenvalue weighted by Crippen LogP contribution is 2.24. The minimum absolute atomic E-state index is 0.690. The van der Waals surface area contributed by atoms with E-state index in [0.29, 0.717) is 6.61 Å². The summed E-state index contributed by atoms with van der Waals surface area (Å²) >= 11 is 0. The van der Waals surface area contributed by atoms with Crippen molar-refractivity contribution in [3.63, 3.8) is 0 Å². The van der Waals surface area contributed by atoms with Gasteiger partial charge in [-0.15, -0.1) is 0 Å². The molecule has 1 aliphatic heterocycles. The monoisotopic (exact) mass is 291 g/mol. The number of nitrogen functional groups attached to an aromatic ring is 1. The summed E-state index contributed by atoms with van der Waals surface area (Å²) in [4.78, 5) is 4.81. The van der Waals surface area contributed by atoms with E-state index in [1.807, 2.05) is 25.1 Å². The van der Waals surface area contributed by atoms with Crippen LogP contribution in [-0.2, 0) is 6.54 Å². The van der Waals surface area contributed by atoms with E-state index in [-0.39, 0.29) is 0 Å². The molecule has 0 spiro atoms. The van der Waals surface area contributed by atoms with E-state index in [2.05, 4.69) is 23.9 Å². The second-order valence-corrected chi connectivity index (χ2v) is 6.24. The topological polar surface area (TPSA) is 41.7 Å². The van der Waals surface area contributed by atoms with E-state index >= 15 is 0 Å². The van der Waals surface area contributed by atoms with Gasteiger partial charge in [0.15, 0.2) is 0 Å². The van der Waals surface area contributed by atoms with Crippen molar-refractivity contribution in [2.24, 2.45) is 5.92 Å². The number of ether oxygens (including phenoxy) is 1. The minimum Gasteiger partial charge on any atom is -0.494 e. The molecule has 0 radical (unpaired) electrons. The van der Waals surface area contributed by atoms with Crippen LogP contribution in [0.25, 0.3) is 0 Å². The molecule has 1 heterocycles. The zero-order valence-corrected chi connectivity index (χ0v) is 13.6. The summed E-state index contributed by atoms with van der Waals surface area (Å²) in [6.07, 6.45) is 2.60. The molecule has 0 saturated carbocycles. The van der Waals surface area contributed by atoms with E-state index in [9.17, 15) is 0 Å². The predicted octanol–water partition coefficient (Wildman–Crippen LogP) is 2.44. The zero-order chi connectivity index (χ0) is 15.2. The number of rotatable bonds is 6. The molecule has 1 fully saturated rings. The van der Waals surface area contributed by atoms with Crippen molar-refractivity contribution in [1.29, 1.82) is 0 Å². The van der Waals surface area contributed by atoms with Gasteiger partial charge < -0.3 is 20.3 Å². The average molecular weight is 291 g/mol. The second-order valence-electron chi connectivity index (χ2n) is 6.24. The van der Waals surface area contributed by atoms with Crippen LogP contribution < -0.4 is 10.5 Å². The first-order valence-corrected chi connectivity index (χ1v) is 7.96. The van der Waals surface area contributed by atoms with E-state index in [1.165, 1.54) is 31.5 Å². The van der Waals surface area contributed by atoms with E-state index in [4.69, 9.17) is 10.5 Å². The van der Waals surface area contributed by atoms with Gasteiger partial charge >= 0.3 is 0 Å². The Bertz CT molecular complexity index is 442. The maximum absolute atomic E-state index is 5.92. The first-order chi connectivity index (χ1) is 10.1. The quantitative estimate of drug-likeness (QED) is 0.818. The van der Waals surface area contributed by atoms with E-state index in [0.717, 1.165) is 30.4 Å². The number of hydrogen-bond acceptors (Lipinski definition) is 4. The largest absolute Gasteiger partial charge is 0.494 e. The summed E-state index contributed by atoms with van der Waals surface area (Å²) in [5, 5.41) is 0. The Hall–Kier alpha value is -1.26. The van der Waals surface area contributed by atoms with Gasteiger partial charge in [-0.05, 0) is 71.1 Å². The molecule has 1 saturated heterocycles. The fourth-order valence-corrected chi connectivity index (χ4v) is 3.06. The number of benzene rings is 1. The fraction of sp³-hybridized carbons (Fsp3) is 0.647. The molecule has 1 aromatic rings. The van der Waals surface area contributed by atoms with Crippen LogP contribution in [0.2, 0.25) is 0 Å². The summed E-state index contributed by atoms with van der Waals surface area (Å²) in [7, 11) is 4.40. The van der Waals surface area contributed by atoms with Gasteiger partial charge in [-0.3, -0.25) is 0 Å². The molecule has 21 heavy (non-hydrogen) atoms. The van der Waals surface area contributed by atoms with Gasteiger partial charge in [-0.2, -0.15) is 0 Å². The molecule has 4 heteroatoms. The number of nitrogens with zero attached hydrogens (tertiary/aromatic N) is 2. The molecule has 2 rings (SSSR count). The predicted molar refractivity (Wildman–Crippen MR) is 88.6 cm³/mol. The lowest BCUT2D eigenvalue weighted by molar-refractivity contribution is 0.172. The molecule has 1 aliphatic rings. The molecule has 1 aromatic carbocycles. The van der Waals surface area contributed by atoms with Crippen LogP contribution in [0, 0.1) is 5.92 Å². The molecule has 0 aliphatic carbocycles. The number of nitrogens with two attached hydrogens (primary N) is 1. The third-order valence-electron chi connectivity index (χ3n) is 4.23. The molecule has 2 N–H and O–H groups in total. The molecule has 118 valence electrons. The van der Waals surface area contributed by atoms with Crippen LogP contribution in [0.1, 0.15) is 25.3 Å². The van der Waals surface area contributed by atoms with Crippen LogP contribution in [0.4, 0.5) is 5.69 Å². The summed E-state index contributed by atoms with van der Waals surface area (Å²) < 4.78 is 5.71. The molecule has 0 bridgehead atoms. The van der Waals surface area contributed by atoms with Crippen molar-refractivity contribution < 1.29 is 4.74 Å². The first-order valence-electron chi connectivity index (χ1n) is 7.96. The van der Waals surface area contributed by atoms with E-state index in [1.54, 1.807) is 0 Å². The molecule has 0 unspecified atom stereocenters. The Labute approximate surface area is 128 Å². The third-order valence-corrected chi connectivity index (χ3v) is 4.23. The number of piperidine rings is 1. The highest BCUT2D eigenvalue weighted by Gasteiger charge is 2.18. The standard InChI is InChI=1S/C17H29N3O/c1-4-21-17-6-5-16(18)11-15(17)13-20(3)12-14-7-9-19(2)10-8-14/h5-6,11,14H,4,7-10,12-13,18H2,1-3H3. The van der Waals surface area contributed by atoms with E-state index < -0.39 is 0 Å². The van der Waals surface area contributed by atoms with Crippen LogP contribution in [0.3, 0.4) is 0 Å². The van der Waals surface area contributed by atoms with Crippen molar-refractivity contribution in [1.82, 2.24) is 9.80 Å². The van der Waals surface area contributed by atoms with Gasteiger partial charge in [0.25, 0.3) is 0 Å². The van der Waals surface area contributed by atoms with Crippen LogP contribution in [0.5, 0.6) is 5.75 Å². The normalized spacial score (nSPS) is 17.3. The van der Waals surface area contributed by atoms with Crippen molar-refractivity contribution in [2.45, 2.75) is 26.3 Å². The summed E-state index contributed by atoms with van der Waals surface area (Å²) in [5.74, 6) is 1.77.